The van der Waals surface area contributed by atoms with Gasteiger partial charge in [-0.15, -0.1) is 0 Å². The average molecular weight is 512 g/mol. The molecule has 1 N–H and O–H groups in total. The third-order valence-corrected chi connectivity index (χ3v) is 6.84. The molecule has 1 unspecified atom stereocenters. The van der Waals surface area contributed by atoms with E-state index < -0.39 is 0 Å². The van der Waals surface area contributed by atoms with Crippen molar-refractivity contribution in [3.63, 3.8) is 0 Å². The van der Waals surface area contributed by atoms with Crippen molar-refractivity contribution in [3.05, 3.63) is 82.5 Å². The van der Waals surface area contributed by atoms with E-state index in [1.807, 2.05) is 37.4 Å². The molecule has 192 valence electrons. The fraction of sp³-hybridized carbons (Fsp3) is 0.222. The monoisotopic (exact) mass is 511 g/mol. The summed E-state index contributed by atoms with van der Waals surface area (Å²) in [6.45, 7) is 3.98. The van der Waals surface area contributed by atoms with Gasteiger partial charge in [-0.1, -0.05) is 6.07 Å². The quantitative estimate of drug-likeness (QED) is 0.376. The lowest BCUT2D eigenvalue weighted by molar-refractivity contribution is 0.628. The number of aryl methyl sites for hydroxylation is 4. The number of hydrogen-bond acceptors (Lipinski definition) is 6. The Balaban J connectivity index is 1.55. The van der Waals surface area contributed by atoms with Gasteiger partial charge in [0.25, 0.3) is 5.56 Å². The molecule has 0 saturated carbocycles. The number of rotatable bonds is 5. The van der Waals surface area contributed by atoms with E-state index in [1.165, 1.54) is 12.1 Å². The molecule has 10 nitrogen and oxygen atoms in total. The number of fused-ring (bicyclic) bond motifs is 3. The zero-order valence-electron chi connectivity index (χ0n) is 21.6. The minimum Gasteiger partial charge on any atom is -0.378 e. The van der Waals surface area contributed by atoms with Gasteiger partial charge in [0.2, 0.25) is 0 Å². The van der Waals surface area contributed by atoms with Crippen LogP contribution in [-0.4, -0.2) is 38.5 Å². The number of hydrogen-bond donors (Lipinski definition) is 1. The summed E-state index contributed by atoms with van der Waals surface area (Å²) >= 11 is 0. The van der Waals surface area contributed by atoms with Crippen LogP contribution in [0, 0.1) is 12.7 Å². The van der Waals surface area contributed by atoms with Gasteiger partial charge in [0.1, 0.15) is 29.8 Å². The lowest BCUT2D eigenvalue weighted by Crippen LogP contribution is -2.21. The Morgan fingerprint density at radius 2 is 1.84 bits per heavy atom. The van der Waals surface area contributed by atoms with Gasteiger partial charge < -0.3 is 5.32 Å². The van der Waals surface area contributed by atoms with Crippen LogP contribution in [0.25, 0.3) is 39.3 Å². The van der Waals surface area contributed by atoms with Gasteiger partial charge in [0.15, 0.2) is 5.82 Å². The van der Waals surface area contributed by atoms with Crippen LogP contribution < -0.4 is 10.9 Å². The summed E-state index contributed by atoms with van der Waals surface area (Å²) < 4.78 is 21.1. The lowest BCUT2D eigenvalue weighted by Gasteiger charge is -2.21. The van der Waals surface area contributed by atoms with Crippen molar-refractivity contribution < 1.29 is 4.39 Å². The molecule has 0 radical (unpaired) electrons. The molecule has 0 spiro atoms. The Labute approximate surface area is 217 Å². The molecule has 0 amide bonds. The van der Waals surface area contributed by atoms with Crippen LogP contribution in [0.15, 0.2) is 60.0 Å². The zero-order valence-corrected chi connectivity index (χ0v) is 21.6. The van der Waals surface area contributed by atoms with Crippen LogP contribution in [0.4, 0.5) is 10.1 Å². The molecule has 38 heavy (non-hydrogen) atoms. The van der Waals surface area contributed by atoms with E-state index >= 15 is 0 Å². The fourth-order valence-electron chi connectivity index (χ4n) is 5.06. The second-order valence-corrected chi connectivity index (χ2v) is 9.54. The zero-order chi connectivity index (χ0) is 26.7. The number of imidazole rings is 1. The fourth-order valence-corrected chi connectivity index (χ4v) is 5.06. The molecule has 4 heterocycles. The van der Waals surface area contributed by atoms with Gasteiger partial charge >= 0.3 is 0 Å². The largest absolute Gasteiger partial charge is 0.378 e. The van der Waals surface area contributed by atoms with Gasteiger partial charge in [-0.2, -0.15) is 10.2 Å². The van der Waals surface area contributed by atoms with Crippen molar-refractivity contribution in [2.45, 2.75) is 19.9 Å². The number of nitrogens with zero attached hydrogens (tertiary/aromatic N) is 8. The van der Waals surface area contributed by atoms with Gasteiger partial charge in [0.05, 0.1) is 22.6 Å². The van der Waals surface area contributed by atoms with E-state index in [9.17, 15) is 9.18 Å². The molecular formula is C27H26FN9O. The summed E-state index contributed by atoms with van der Waals surface area (Å²) in [5.74, 6) is 0.0421. The molecule has 0 fully saturated rings. The van der Waals surface area contributed by atoms with Crippen LogP contribution in [-0.2, 0) is 21.1 Å². The highest BCUT2D eigenvalue weighted by Gasteiger charge is 2.22. The highest BCUT2D eigenvalue weighted by molar-refractivity contribution is 5.88. The molecule has 2 aromatic carbocycles. The molecule has 11 heteroatoms. The molecule has 0 aliphatic rings. The summed E-state index contributed by atoms with van der Waals surface area (Å²) in [6.07, 6.45) is 5.02. The normalized spacial score (nSPS) is 12.5. The molecule has 1 atom stereocenters. The number of halogens is 1. The number of anilines is 1. The Kier molecular flexibility index (Phi) is 5.37. The van der Waals surface area contributed by atoms with Gasteiger partial charge in [-0.25, -0.2) is 14.4 Å². The molecule has 6 aromatic rings. The van der Waals surface area contributed by atoms with Crippen molar-refractivity contribution in [1.29, 1.82) is 0 Å². The topological polar surface area (TPSA) is 99.9 Å². The number of aromatic nitrogens is 8. The van der Waals surface area contributed by atoms with Gasteiger partial charge in [-0.3, -0.25) is 23.1 Å². The first-order valence-electron chi connectivity index (χ1n) is 12.1. The Morgan fingerprint density at radius 1 is 1.03 bits per heavy atom. The van der Waals surface area contributed by atoms with E-state index in [2.05, 4.69) is 31.5 Å². The van der Waals surface area contributed by atoms with Crippen LogP contribution >= 0.6 is 0 Å². The minimum atomic E-state index is -0.377. The number of benzene rings is 2. The molecular weight excluding hydrogens is 485 g/mol. The van der Waals surface area contributed by atoms with Crippen LogP contribution in [0.2, 0.25) is 0 Å². The first kappa shape index (κ1) is 23.6. The summed E-state index contributed by atoms with van der Waals surface area (Å²) in [6, 6.07) is 10.1. The maximum atomic E-state index is 14.2. The molecule has 0 bridgehead atoms. The first-order chi connectivity index (χ1) is 18.2. The lowest BCUT2D eigenvalue weighted by atomic mass is 10.00. The third kappa shape index (κ3) is 3.66. The predicted molar refractivity (Wildman–Crippen MR) is 143 cm³/mol. The summed E-state index contributed by atoms with van der Waals surface area (Å²) in [4.78, 5) is 22.6. The second-order valence-electron chi connectivity index (χ2n) is 9.54. The van der Waals surface area contributed by atoms with Crippen molar-refractivity contribution in [2.24, 2.45) is 21.1 Å². The number of nitrogens with one attached hydrogen (secondary N) is 1. The highest BCUT2D eigenvalue weighted by atomic mass is 19.1. The van der Waals surface area contributed by atoms with Crippen molar-refractivity contribution in [3.8, 4) is 22.8 Å². The Morgan fingerprint density at radius 3 is 2.55 bits per heavy atom. The maximum Gasteiger partial charge on any atom is 0.261 e. The Bertz CT molecular complexity index is 1910. The van der Waals surface area contributed by atoms with Gasteiger partial charge in [0, 0.05) is 38.6 Å². The minimum absolute atomic E-state index is 0.117. The summed E-state index contributed by atoms with van der Waals surface area (Å²) in [5.41, 5.74) is 5.88. The Hall–Kier alpha value is -4.80. The highest BCUT2D eigenvalue weighted by Crippen LogP contribution is 2.33. The second kappa shape index (κ2) is 8.65. The third-order valence-electron chi connectivity index (χ3n) is 6.84. The average Bonchev–Trinajstić information content (AvgIpc) is 3.62. The predicted octanol–water partition coefficient (Wildman–Crippen LogP) is 4.00. The SMILES string of the molecule is Cc1cc(C(C)Nc2ccc(F)cc2-c2ncn(C)n2)c2c(c1)c(=O)n(C)c1c(-c3ccnn3C)ncn21. The summed E-state index contributed by atoms with van der Waals surface area (Å²) in [5, 5.41) is 12.7. The van der Waals surface area contributed by atoms with Crippen molar-refractivity contribution in [2.75, 3.05) is 5.32 Å². The standard InChI is InChI=1S/C27H26FN9O/c1-15-10-18(16(2)32-21-7-6-17(28)12-19(21)25-30-13-34(3)33-25)24-20(11-15)27(38)35(4)26-23(29-14-37(24)26)22-8-9-31-36(22)5/h6-14,16,32H,1-5H3. The van der Waals surface area contributed by atoms with Crippen LogP contribution in [0.1, 0.15) is 24.1 Å². The van der Waals surface area contributed by atoms with E-state index in [0.29, 0.717) is 33.8 Å². The van der Waals surface area contributed by atoms with Crippen molar-refractivity contribution >= 4 is 22.2 Å². The smallest absolute Gasteiger partial charge is 0.261 e. The van der Waals surface area contributed by atoms with E-state index in [0.717, 1.165) is 22.3 Å². The molecule has 0 aliphatic carbocycles. The first-order valence-corrected chi connectivity index (χ1v) is 12.1. The molecule has 4 aromatic heterocycles. The van der Waals surface area contributed by atoms with E-state index in [-0.39, 0.29) is 17.4 Å². The molecule has 0 aliphatic heterocycles. The van der Waals surface area contributed by atoms with Crippen LogP contribution in [0.5, 0.6) is 0 Å². The summed E-state index contributed by atoms with van der Waals surface area (Å²) in [7, 11) is 5.37. The van der Waals surface area contributed by atoms with E-state index in [1.54, 1.807) is 52.9 Å². The maximum absolute atomic E-state index is 14.2. The molecule has 6 rings (SSSR count). The van der Waals surface area contributed by atoms with E-state index in [4.69, 9.17) is 0 Å². The van der Waals surface area contributed by atoms with Crippen molar-refractivity contribution in [1.82, 2.24) is 38.5 Å². The van der Waals surface area contributed by atoms with Gasteiger partial charge in [-0.05, 0) is 55.3 Å². The van der Waals surface area contributed by atoms with Crippen LogP contribution in [0.3, 0.4) is 0 Å². The molecule has 0 saturated heterocycles.